The number of hydrogen-bond donors (Lipinski definition) is 0. The molecule has 0 saturated carbocycles. The first kappa shape index (κ1) is 20.4. The number of amides is 1. The molecular weight excluding hydrogens is 394 g/mol. The number of fused-ring (bicyclic) bond motifs is 1. The number of rotatable bonds is 4. The summed E-state index contributed by atoms with van der Waals surface area (Å²) in [7, 11) is -3.63. The number of ether oxygens (including phenoxy) is 2. The summed E-state index contributed by atoms with van der Waals surface area (Å²) in [5.74, 6) is 1.15. The monoisotopic (exact) mass is 423 g/mol. The van der Waals surface area contributed by atoms with Crippen LogP contribution in [0.2, 0.25) is 0 Å². The Bertz CT molecular complexity index is 831. The first-order chi connectivity index (χ1) is 14.0. The third-order valence-electron chi connectivity index (χ3n) is 5.76. The van der Waals surface area contributed by atoms with E-state index in [0.29, 0.717) is 57.4 Å². The van der Waals surface area contributed by atoms with Crippen LogP contribution in [0.5, 0.6) is 11.5 Å². The van der Waals surface area contributed by atoms with E-state index < -0.39 is 10.0 Å². The highest BCUT2D eigenvalue weighted by molar-refractivity contribution is 7.89. The summed E-state index contributed by atoms with van der Waals surface area (Å²) >= 11 is 0. The Morgan fingerprint density at radius 2 is 1.55 bits per heavy atom. The molecule has 0 N–H and O–H groups in total. The molecule has 2 saturated heterocycles. The van der Waals surface area contributed by atoms with E-state index >= 15 is 0 Å². The number of likely N-dealkylation sites (tertiary alicyclic amines) is 1. The van der Waals surface area contributed by atoms with Crippen molar-refractivity contribution in [1.82, 2.24) is 14.1 Å². The predicted molar refractivity (Wildman–Crippen MR) is 108 cm³/mol. The second-order valence-electron chi connectivity index (χ2n) is 7.78. The first-order valence-electron chi connectivity index (χ1n) is 10.4. The third kappa shape index (κ3) is 4.67. The molecule has 8 nitrogen and oxygen atoms in total. The van der Waals surface area contributed by atoms with E-state index in [2.05, 4.69) is 4.90 Å². The van der Waals surface area contributed by atoms with Crippen LogP contribution in [0.3, 0.4) is 0 Å². The molecule has 2 fully saturated rings. The van der Waals surface area contributed by atoms with E-state index in [0.717, 1.165) is 32.4 Å². The molecule has 0 bridgehead atoms. The van der Waals surface area contributed by atoms with Gasteiger partial charge in [0.05, 0.1) is 24.7 Å². The minimum absolute atomic E-state index is 0.0968. The molecule has 0 aliphatic carbocycles. The van der Waals surface area contributed by atoms with E-state index in [1.54, 1.807) is 23.1 Å². The SMILES string of the molecule is O=C(CN1CCCCC1)N1CCN(S(=O)(=O)c2ccc3c(c2)OCCCO3)CC1. The average molecular weight is 424 g/mol. The van der Waals surface area contributed by atoms with E-state index in [9.17, 15) is 13.2 Å². The summed E-state index contributed by atoms with van der Waals surface area (Å²) in [4.78, 5) is 16.8. The van der Waals surface area contributed by atoms with Gasteiger partial charge in [-0.1, -0.05) is 6.42 Å². The number of sulfonamides is 1. The molecule has 3 aliphatic heterocycles. The minimum Gasteiger partial charge on any atom is -0.490 e. The van der Waals surface area contributed by atoms with Crippen LogP contribution in [-0.2, 0) is 14.8 Å². The molecule has 0 atom stereocenters. The maximum atomic E-state index is 13.1. The van der Waals surface area contributed by atoms with Gasteiger partial charge in [-0.15, -0.1) is 0 Å². The highest BCUT2D eigenvalue weighted by Crippen LogP contribution is 2.33. The Morgan fingerprint density at radius 3 is 2.28 bits per heavy atom. The second kappa shape index (κ2) is 8.89. The topological polar surface area (TPSA) is 79.4 Å². The van der Waals surface area contributed by atoms with Crippen molar-refractivity contribution < 1.29 is 22.7 Å². The van der Waals surface area contributed by atoms with E-state index in [-0.39, 0.29) is 10.8 Å². The quantitative estimate of drug-likeness (QED) is 0.723. The molecule has 1 amide bonds. The van der Waals surface area contributed by atoms with Crippen LogP contribution in [0.4, 0.5) is 0 Å². The molecule has 3 aliphatic rings. The summed E-state index contributed by atoms with van der Waals surface area (Å²) in [6, 6.07) is 4.77. The normalized spacial score (nSPS) is 21.6. The van der Waals surface area contributed by atoms with Gasteiger partial charge in [0.15, 0.2) is 11.5 Å². The molecule has 0 spiro atoms. The van der Waals surface area contributed by atoms with Crippen molar-refractivity contribution in [3.8, 4) is 11.5 Å². The van der Waals surface area contributed by atoms with Crippen LogP contribution in [0.1, 0.15) is 25.7 Å². The zero-order valence-corrected chi connectivity index (χ0v) is 17.5. The van der Waals surface area contributed by atoms with Crippen LogP contribution in [0, 0.1) is 0 Å². The largest absolute Gasteiger partial charge is 0.490 e. The van der Waals surface area contributed by atoms with Gasteiger partial charge < -0.3 is 14.4 Å². The number of nitrogens with zero attached hydrogens (tertiary/aromatic N) is 3. The summed E-state index contributed by atoms with van der Waals surface area (Å²) < 4.78 is 38.8. The fourth-order valence-electron chi connectivity index (χ4n) is 4.04. The van der Waals surface area contributed by atoms with Gasteiger partial charge in [0.1, 0.15) is 0 Å². The molecular formula is C20H29N3O5S. The lowest BCUT2D eigenvalue weighted by molar-refractivity contribution is -0.133. The number of piperidine rings is 1. The van der Waals surface area contributed by atoms with Crippen LogP contribution < -0.4 is 9.47 Å². The molecule has 0 aromatic heterocycles. The van der Waals surface area contributed by atoms with Gasteiger partial charge in [0.2, 0.25) is 15.9 Å². The summed E-state index contributed by atoms with van der Waals surface area (Å²) in [6.07, 6.45) is 4.30. The molecule has 29 heavy (non-hydrogen) atoms. The number of piperazine rings is 1. The van der Waals surface area contributed by atoms with Crippen molar-refractivity contribution in [2.24, 2.45) is 0 Å². The molecule has 3 heterocycles. The van der Waals surface area contributed by atoms with E-state index in [1.165, 1.54) is 10.7 Å². The summed E-state index contributed by atoms with van der Waals surface area (Å²) in [5, 5.41) is 0. The summed E-state index contributed by atoms with van der Waals surface area (Å²) in [6.45, 7) is 4.93. The predicted octanol–water partition coefficient (Wildman–Crippen LogP) is 1.17. The maximum Gasteiger partial charge on any atom is 0.243 e. The number of carbonyl (C=O) groups is 1. The van der Waals surface area contributed by atoms with Crippen molar-refractivity contribution in [2.45, 2.75) is 30.6 Å². The van der Waals surface area contributed by atoms with Gasteiger partial charge >= 0.3 is 0 Å². The van der Waals surface area contributed by atoms with Gasteiger partial charge in [-0.25, -0.2) is 8.42 Å². The lowest BCUT2D eigenvalue weighted by Gasteiger charge is -2.35. The maximum absolute atomic E-state index is 13.1. The van der Waals surface area contributed by atoms with Gasteiger partial charge in [-0.05, 0) is 38.1 Å². The van der Waals surface area contributed by atoms with Crippen LogP contribution >= 0.6 is 0 Å². The summed E-state index contributed by atoms with van der Waals surface area (Å²) in [5.41, 5.74) is 0. The van der Waals surface area contributed by atoms with Crippen molar-refractivity contribution in [1.29, 1.82) is 0 Å². The number of carbonyl (C=O) groups excluding carboxylic acids is 1. The lowest BCUT2D eigenvalue weighted by Crippen LogP contribution is -2.52. The molecule has 1 aromatic rings. The Kier molecular flexibility index (Phi) is 6.26. The Hall–Kier alpha value is -1.84. The smallest absolute Gasteiger partial charge is 0.243 e. The van der Waals surface area contributed by atoms with Crippen molar-refractivity contribution in [3.63, 3.8) is 0 Å². The third-order valence-corrected chi connectivity index (χ3v) is 7.65. The van der Waals surface area contributed by atoms with Crippen LogP contribution in [0.15, 0.2) is 23.1 Å². The lowest BCUT2D eigenvalue weighted by atomic mass is 10.1. The molecule has 0 unspecified atom stereocenters. The first-order valence-corrected chi connectivity index (χ1v) is 11.9. The van der Waals surface area contributed by atoms with E-state index in [1.807, 2.05) is 0 Å². The van der Waals surface area contributed by atoms with Crippen LogP contribution in [-0.4, -0.2) is 87.5 Å². The molecule has 0 radical (unpaired) electrons. The van der Waals surface area contributed by atoms with Crippen LogP contribution in [0.25, 0.3) is 0 Å². The highest BCUT2D eigenvalue weighted by atomic mass is 32.2. The van der Waals surface area contributed by atoms with Gasteiger partial charge in [-0.3, -0.25) is 9.69 Å². The van der Waals surface area contributed by atoms with Gasteiger partial charge in [0.25, 0.3) is 0 Å². The second-order valence-corrected chi connectivity index (χ2v) is 9.72. The Balaban J connectivity index is 1.37. The van der Waals surface area contributed by atoms with Crippen molar-refractivity contribution in [2.75, 3.05) is 59.0 Å². The standard InChI is InChI=1S/C20H29N3O5S/c24-20(16-21-7-2-1-3-8-21)22-9-11-23(12-10-22)29(25,26)17-5-6-18-19(15-17)28-14-4-13-27-18/h5-6,15H,1-4,7-14,16H2. The van der Waals surface area contributed by atoms with Crippen molar-refractivity contribution in [3.05, 3.63) is 18.2 Å². The highest BCUT2D eigenvalue weighted by Gasteiger charge is 2.31. The molecule has 9 heteroatoms. The molecule has 1 aromatic carbocycles. The average Bonchev–Trinajstić information content (AvgIpc) is 2.99. The molecule has 4 rings (SSSR count). The van der Waals surface area contributed by atoms with E-state index in [4.69, 9.17) is 9.47 Å². The van der Waals surface area contributed by atoms with Gasteiger partial charge in [0, 0.05) is 38.7 Å². The number of hydrogen-bond acceptors (Lipinski definition) is 6. The Morgan fingerprint density at radius 1 is 0.862 bits per heavy atom. The minimum atomic E-state index is -3.63. The van der Waals surface area contributed by atoms with Gasteiger partial charge in [-0.2, -0.15) is 4.31 Å². The fourth-order valence-corrected chi connectivity index (χ4v) is 5.48. The number of benzene rings is 1. The zero-order chi connectivity index (χ0) is 20.3. The Labute approximate surface area is 172 Å². The fraction of sp³-hybridized carbons (Fsp3) is 0.650. The molecule has 160 valence electrons. The van der Waals surface area contributed by atoms with Crippen molar-refractivity contribution >= 4 is 15.9 Å². The zero-order valence-electron chi connectivity index (χ0n) is 16.7.